The number of likely N-dealkylation sites (N-methyl/N-ethyl adjacent to an activating group) is 1. The first-order valence-electron chi connectivity index (χ1n) is 14.2. The van der Waals surface area contributed by atoms with E-state index in [1.54, 1.807) is 9.80 Å². The number of imidazole rings is 1. The zero-order valence-electron chi connectivity index (χ0n) is 24.9. The molecular weight excluding hydrogens is 617 g/mol. The summed E-state index contributed by atoms with van der Waals surface area (Å²) in [7, 11) is 5.30. The van der Waals surface area contributed by atoms with E-state index >= 15 is 0 Å². The van der Waals surface area contributed by atoms with Crippen LogP contribution in [0, 0.1) is 11.6 Å². The topological polar surface area (TPSA) is 117 Å². The summed E-state index contributed by atoms with van der Waals surface area (Å²) in [5, 5.41) is 12.8. The summed E-state index contributed by atoms with van der Waals surface area (Å²) >= 11 is 6.45. The van der Waals surface area contributed by atoms with Gasteiger partial charge in [0.1, 0.15) is 12.6 Å². The number of halogens is 4. The molecule has 0 radical (unpaired) electrons. The van der Waals surface area contributed by atoms with Gasteiger partial charge in [-0.25, -0.2) is 13.8 Å². The van der Waals surface area contributed by atoms with Crippen LogP contribution in [0.25, 0.3) is 11.3 Å². The van der Waals surface area contributed by atoms with Crippen molar-refractivity contribution in [3.63, 3.8) is 0 Å². The monoisotopic (exact) mass is 649 g/mol. The number of aliphatic hydroxyl groups excluding tert-OH is 1. The fourth-order valence-corrected chi connectivity index (χ4v) is 6.18. The number of ether oxygens (including phenoxy) is 1. The normalized spacial score (nSPS) is 19.5. The number of amides is 3. The quantitative estimate of drug-likeness (QED) is 0.380. The van der Waals surface area contributed by atoms with E-state index in [9.17, 15) is 32.7 Å². The van der Waals surface area contributed by atoms with Gasteiger partial charge in [-0.3, -0.25) is 14.4 Å². The molecule has 2 aliphatic heterocycles. The molecule has 0 aliphatic carbocycles. The van der Waals surface area contributed by atoms with Crippen LogP contribution in [0.5, 0.6) is 5.75 Å². The molecule has 2 fully saturated rings. The summed E-state index contributed by atoms with van der Waals surface area (Å²) in [5.74, 6) is -4.37. The molecule has 2 aromatic carbocycles. The number of rotatable bonds is 7. The van der Waals surface area contributed by atoms with Crippen molar-refractivity contribution in [2.75, 3.05) is 59.0 Å². The second-order valence-corrected chi connectivity index (χ2v) is 12.1. The van der Waals surface area contributed by atoms with Gasteiger partial charge in [0.25, 0.3) is 17.7 Å². The summed E-state index contributed by atoms with van der Waals surface area (Å²) in [4.78, 5) is 46.8. The van der Waals surface area contributed by atoms with Crippen LogP contribution in [0.1, 0.15) is 27.4 Å². The van der Waals surface area contributed by atoms with E-state index in [2.05, 4.69) is 15.0 Å². The molecule has 2 aliphatic rings. The first-order valence-corrected chi connectivity index (χ1v) is 14.6. The third kappa shape index (κ3) is 6.35. The van der Waals surface area contributed by atoms with Crippen LogP contribution in [-0.4, -0.2) is 112 Å². The largest absolute Gasteiger partial charge is 0.460 e. The highest BCUT2D eigenvalue weighted by Crippen LogP contribution is 2.31. The number of hydrogen-bond acceptors (Lipinski definition) is 6. The number of nitrogens with one attached hydrogen (secondary N) is 1. The van der Waals surface area contributed by atoms with Crippen molar-refractivity contribution in [2.24, 2.45) is 7.05 Å². The zero-order valence-corrected chi connectivity index (χ0v) is 25.7. The minimum Gasteiger partial charge on any atom is -0.460 e. The number of hydrogen-bond donors (Lipinski definition) is 2. The first kappa shape index (κ1) is 32.3. The Morgan fingerprint density at radius 2 is 1.78 bits per heavy atom. The van der Waals surface area contributed by atoms with E-state index in [-0.39, 0.29) is 51.2 Å². The second-order valence-electron chi connectivity index (χ2n) is 11.7. The Balaban J connectivity index is 1.22. The molecule has 1 aromatic heterocycles. The van der Waals surface area contributed by atoms with Gasteiger partial charge in [-0.15, -0.1) is 0 Å². The van der Waals surface area contributed by atoms with E-state index < -0.39 is 36.3 Å². The second kappa shape index (κ2) is 12.7. The number of nitrogens with zero attached hydrogens (tertiary/aromatic N) is 5. The zero-order chi connectivity index (χ0) is 32.6. The standard InChI is InChI=1S/C30H32ClF3N6O5/c1-37-22(20-6-7-24(45-16-32)26(34)25(20)33)14-35-27(37)28(42)36-17-4-5-19(21(31)12-17)29(43)38-8-10-39(11-9-38)30(44)23-13-18(41)15-40(23,2)3/h4-7,12,14,18,23,41H,8-11,13,15-16H2,1-3H3/p+1/t18-,23+/m1/s1. The van der Waals surface area contributed by atoms with E-state index in [4.69, 9.17) is 11.6 Å². The van der Waals surface area contributed by atoms with Crippen molar-refractivity contribution in [3.8, 4) is 17.0 Å². The van der Waals surface area contributed by atoms with Crippen molar-refractivity contribution in [1.82, 2.24) is 19.4 Å². The van der Waals surface area contributed by atoms with Crippen LogP contribution in [0.4, 0.5) is 18.9 Å². The maximum Gasteiger partial charge on any atom is 0.291 e. The number of benzene rings is 2. The number of piperazine rings is 1. The molecule has 5 rings (SSSR count). The lowest BCUT2D eigenvalue weighted by atomic mass is 10.1. The number of aliphatic hydroxyl groups is 1. The number of carbonyl (C=O) groups is 3. The predicted octanol–water partition coefficient (Wildman–Crippen LogP) is 3.07. The number of carbonyl (C=O) groups excluding carboxylic acids is 3. The van der Waals surface area contributed by atoms with Crippen molar-refractivity contribution in [2.45, 2.75) is 18.6 Å². The Morgan fingerprint density at radius 3 is 2.40 bits per heavy atom. The average molecular weight is 650 g/mol. The highest BCUT2D eigenvalue weighted by molar-refractivity contribution is 6.34. The predicted molar refractivity (Wildman–Crippen MR) is 158 cm³/mol. The van der Waals surface area contributed by atoms with Crippen molar-refractivity contribution >= 4 is 35.0 Å². The highest BCUT2D eigenvalue weighted by atomic mass is 35.5. The molecule has 0 unspecified atom stereocenters. The molecule has 3 amide bonds. The molecule has 2 atom stereocenters. The van der Waals surface area contributed by atoms with Gasteiger partial charge in [0.2, 0.25) is 12.7 Å². The minimum atomic E-state index is -1.37. The Hall–Kier alpha value is -4.14. The molecule has 0 bridgehead atoms. The Morgan fingerprint density at radius 1 is 1.09 bits per heavy atom. The Bertz CT molecular complexity index is 1640. The third-order valence-corrected chi connectivity index (χ3v) is 8.68. The van der Waals surface area contributed by atoms with Crippen LogP contribution in [0.15, 0.2) is 36.5 Å². The van der Waals surface area contributed by atoms with E-state index in [1.165, 1.54) is 42.1 Å². The van der Waals surface area contributed by atoms with Gasteiger partial charge in [-0.05, 0) is 30.3 Å². The van der Waals surface area contributed by atoms with Gasteiger partial charge in [0, 0.05) is 50.9 Å². The molecule has 0 saturated carbocycles. The van der Waals surface area contributed by atoms with Crippen LogP contribution in [0.3, 0.4) is 0 Å². The molecule has 0 spiro atoms. The van der Waals surface area contributed by atoms with E-state index in [1.807, 2.05) is 14.1 Å². The van der Waals surface area contributed by atoms with Crippen LogP contribution in [0.2, 0.25) is 5.02 Å². The van der Waals surface area contributed by atoms with E-state index in [0.29, 0.717) is 43.6 Å². The minimum absolute atomic E-state index is 0.0278. The Labute approximate surface area is 262 Å². The van der Waals surface area contributed by atoms with Gasteiger partial charge in [-0.2, -0.15) is 4.39 Å². The van der Waals surface area contributed by atoms with Gasteiger partial charge < -0.3 is 34.0 Å². The molecular formula is C30H33ClF3N6O5+. The average Bonchev–Trinajstić information content (AvgIpc) is 3.52. The molecule has 2 saturated heterocycles. The summed E-state index contributed by atoms with van der Waals surface area (Å²) in [6.07, 6.45) is 1.09. The van der Waals surface area contributed by atoms with Crippen LogP contribution in [-0.2, 0) is 11.8 Å². The number of alkyl halides is 1. The van der Waals surface area contributed by atoms with Crippen molar-refractivity contribution in [3.05, 3.63) is 64.6 Å². The first-order chi connectivity index (χ1) is 21.3. The summed E-state index contributed by atoms with van der Waals surface area (Å²) in [5.41, 5.74) is 0.381. The van der Waals surface area contributed by atoms with Gasteiger partial charge in [-0.1, -0.05) is 11.6 Å². The molecule has 2 N–H and O–H groups in total. The summed E-state index contributed by atoms with van der Waals surface area (Å²) in [6.45, 7) is 0.554. The fourth-order valence-electron chi connectivity index (χ4n) is 5.92. The molecule has 240 valence electrons. The lowest BCUT2D eigenvalue weighted by Gasteiger charge is -2.38. The van der Waals surface area contributed by atoms with Crippen molar-refractivity contribution < 1.29 is 41.9 Å². The summed E-state index contributed by atoms with van der Waals surface area (Å²) < 4.78 is 47.5. The van der Waals surface area contributed by atoms with Crippen LogP contribution >= 0.6 is 11.6 Å². The number of anilines is 1. The molecule has 45 heavy (non-hydrogen) atoms. The van der Waals surface area contributed by atoms with Crippen molar-refractivity contribution in [1.29, 1.82) is 0 Å². The number of likely N-dealkylation sites (tertiary alicyclic amines) is 1. The Kier molecular flexibility index (Phi) is 9.10. The molecule has 3 aromatic rings. The third-order valence-electron chi connectivity index (χ3n) is 8.37. The van der Waals surface area contributed by atoms with Gasteiger partial charge in [0.15, 0.2) is 23.4 Å². The van der Waals surface area contributed by atoms with E-state index in [0.717, 1.165) is 6.07 Å². The smallest absolute Gasteiger partial charge is 0.291 e. The lowest BCUT2D eigenvalue weighted by molar-refractivity contribution is -0.894. The van der Waals surface area contributed by atoms with Crippen LogP contribution < -0.4 is 10.1 Å². The highest BCUT2D eigenvalue weighted by Gasteiger charge is 2.46. The maximum atomic E-state index is 14.7. The number of aromatic nitrogens is 2. The fraction of sp³-hybridized carbons (Fsp3) is 0.400. The number of quaternary nitrogens is 1. The molecule has 15 heteroatoms. The summed E-state index contributed by atoms with van der Waals surface area (Å²) in [6, 6.07) is 6.35. The molecule has 11 nitrogen and oxygen atoms in total. The molecule has 3 heterocycles. The lowest BCUT2D eigenvalue weighted by Crippen LogP contribution is -2.58. The van der Waals surface area contributed by atoms with Gasteiger partial charge in [0.05, 0.1) is 36.6 Å². The SMILES string of the molecule is Cn1c(-c2ccc(OCF)c(F)c2F)cnc1C(=O)Nc1ccc(C(=O)N2CCN(C(=O)[C@@H]3C[C@@H](O)C[N+]3(C)C)CC2)c(Cl)c1. The van der Waals surface area contributed by atoms with Gasteiger partial charge >= 0.3 is 0 Å². The maximum absolute atomic E-state index is 14.7.